The first-order chi connectivity index (χ1) is 12.5. The number of hydrogen-bond donors (Lipinski definition) is 1. The Labute approximate surface area is 154 Å². The summed E-state index contributed by atoms with van der Waals surface area (Å²) in [5, 5.41) is 10.1. The fourth-order valence-electron chi connectivity index (χ4n) is 3.98. The van der Waals surface area contributed by atoms with Crippen molar-refractivity contribution in [3.05, 3.63) is 70.8 Å². The molecule has 1 atom stereocenters. The van der Waals surface area contributed by atoms with Crippen molar-refractivity contribution in [1.29, 1.82) is 0 Å². The van der Waals surface area contributed by atoms with Gasteiger partial charge in [0.05, 0.1) is 6.61 Å². The standard InChI is InChI=1S/C22H27F2NO/c1-2-17-4-6-18(7-5-17)14-25-11-3-10-22(15-25,16-26)13-19-8-9-20(23)12-21(19)24/h4-9,12,26H,2-3,10-11,13-16H2,1H3/t22-/m1/s1. The second-order valence-electron chi connectivity index (χ2n) is 7.55. The Hall–Kier alpha value is -1.78. The van der Waals surface area contributed by atoms with Crippen LogP contribution in [0.4, 0.5) is 8.78 Å². The zero-order valence-electron chi connectivity index (χ0n) is 15.3. The van der Waals surface area contributed by atoms with Crippen LogP contribution in [0.3, 0.4) is 0 Å². The van der Waals surface area contributed by atoms with Gasteiger partial charge in [-0.2, -0.15) is 0 Å². The van der Waals surface area contributed by atoms with E-state index in [4.69, 9.17) is 0 Å². The van der Waals surface area contributed by atoms with Crippen LogP contribution in [-0.2, 0) is 19.4 Å². The molecule has 140 valence electrons. The van der Waals surface area contributed by atoms with Crippen LogP contribution in [0.2, 0.25) is 0 Å². The fraction of sp³-hybridized carbons (Fsp3) is 0.455. The van der Waals surface area contributed by atoms with Crippen molar-refractivity contribution in [2.24, 2.45) is 5.41 Å². The highest BCUT2D eigenvalue weighted by Gasteiger charge is 2.35. The minimum Gasteiger partial charge on any atom is -0.396 e. The van der Waals surface area contributed by atoms with E-state index in [1.807, 2.05) is 0 Å². The molecule has 26 heavy (non-hydrogen) atoms. The van der Waals surface area contributed by atoms with Gasteiger partial charge in [0.2, 0.25) is 0 Å². The summed E-state index contributed by atoms with van der Waals surface area (Å²) in [7, 11) is 0. The molecule has 1 aliphatic heterocycles. The van der Waals surface area contributed by atoms with Crippen LogP contribution in [0.15, 0.2) is 42.5 Å². The maximum Gasteiger partial charge on any atom is 0.129 e. The summed E-state index contributed by atoms with van der Waals surface area (Å²) in [5.41, 5.74) is 2.68. The van der Waals surface area contributed by atoms with Gasteiger partial charge >= 0.3 is 0 Å². The van der Waals surface area contributed by atoms with Gasteiger partial charge in [0.25, 0.3) is 0 Å². The number of aryl methyl sites for hydroxylation is 1. The lowest BCUT2D eigenvalue weighted by atomic mass is 9.75. The highest BCUT2D eigenvalue weighted by atomic mass is 19.1. The third-order valence-electron chi connectivity index (χ3n) is 5.49. The molecule has 3 rings (SSSR count). The first-order valence-electron chi connectivity index (χ1n) is 9.38. The summed E-state index contributed by atoms with van der Waals surface area (Å²) in [6.07, 6.45) is 3.28. The van der Waals surface area contributed by atoms with Crippen molar-refractivity contribution in [1.82, 2.24) is 4.90 Å². The summed E-state index contributed by atoms with van der Waals surface area (Å²) < 4.78 is 27.3. The molecule has 0 unspecified atom stereocenters. The quantitative estimate of drug-likeness (QED) is 0.829. The number of rotatable bonds is 6. The van der Waals surface area contributed by atoms with E-state index < -0.39 is 11.6 Å². The molecule has 0 spiro atoms. The van der Waals surface area contributed by atoms with Crippen molar-refractivity contribution in [2.45, 2.75) is 39.2 Å². The third kappa shape index (κ3) is 4.49. The molecule has 4 heteroatoms. The molecule has 1 aliphatic rings. The summed E-state index contributed by atoms with van der Waals surface area (Å²) in [6, 6.07) is 12.4. The van der Waals surface area contributed by atoms with E-state index in [-0.39, 0.29) is 12.0 Å². The zero-order valence-corrected chi connectivity index (χ0v) is 15.3. The van der Waals surface area contributed by atoms with Crippen molar-refractivity contribution in [3.8, 4) is 0 Å². The monoisotopic (exact) mass is 359 g/mol. The maximum atomic E-state index is 14.1. The maximum absolute atomic E-state index is 14.1. The normalized spacial score (nSPS) is 21.1. The van der Waals surface area contributed by atoms with E-state index in [1.165, 1.54) is 23.3 Å². The predicted molar refractivity (Wildman–Crippen MR) is 99.9 cm³/mol. The molecule has 1 N–H and O–H groups in total. The Morgan fingerprint density at radius 2 is 1.81 bits per heavy atom. The number of benzene rings is 2. The highest BCUT2D eigenvalue weighted by molar-refractivity contribution is 5.23. The Balaban J connectivity index is 1.71. The smallest absolute Gasteiger partial charge is 0.129 e. The van der Waals surface area contributed by atoms with Gasteiger partial charge in [-0.3, -0.25) is 4.90 Å². The first-order valence-corrected chi connectivity index (χ1v) is 9.38. The Morgan fingerprint density at radius 3 is 2.46 bits per heavy atom. The molecule has 0 saturated carbocycles. The molecular formula is C22H27F2NO. The Kier molecular flexibility index (Phi) is 6.05. The molecule has 2 aromatic rings. The van der Waals surface area contributed by atoms with Gasteiger partial charge in [-0.15, -0.1) is 0 Å². The molecule has 2 nitrogen and oxygen atoms in total. The average molecular weight is 359 g/mol. The fourth-order valence-corrected chi connectivity index (χ4v) is 3.98. The molecular weight excluding hydrogens is 332 g/mol. The van der Waals surface area contributed by atoms with Gasteiger partial charge in [-0.1, -0.05) is 37.3 Å². The second-order valence-corrected chi connectivity index (χ2v) is 7.55. The van der Waals surface area contributed by atoms with Crippen molar-refractivity contribution in [2.75, 3.05) is 19.7 Å². The highest BCUT2D eigenvalue weighted by Crippen LogP contribution is 2.34. The minimum absolute atomic E-state index is 0.00902. The van der Waals surface area contributed by atoms with Crippen LogP contribution in [0.1, 0.15) is 36.5 Å². The molecule has 1 heterocycles. The van der Waals surface area contributed by atoms with Crippen LogP contribution < -0.4 is 0 Å². The van der Waals surface area contributed by atoms with Crippen LogP contribution in [0, 0.1) is 17.0 Å². The topological polar surface area (TPSA) is 23.5 Å². The molecule has 0 amide bonds. The average Bonchev–Trinajstić information content (AvgIpc) is 2.65. The minimum atomic E-state index is -0.565. The number of aliphatic hydroxyl groups excluding tert-OH is 1. The number of aliphatic hydroxyl groups is 1. The number of likely N-dealkylation sites (tertiary alicyclic amines) is 1. The Bertz CT molecular complexity index is 731. The van der Waals surface area contributed by atoms with E-state index >= 15 is 0 Å². The lowest BCUT2D eigenvalue weighted by Crippen LogP contribution is -2.46. The SMILES string of the molecule is CCc1ccc(CN2CCC[C@@](CO)(Cc3ccc(F)cc3F)C2)cc1. The van der Waals surface area contributed by atoms with E-state index in [1.54, 1.807) is 0 Å². The molecule has 0 radical (unpaired) electrons. The molecule has 1 fully saturated rings. The van der Waals surface area contributed by atoms with Gasteiger partial charge in [-0.05, 0) is 55.0 Å². The van der Waals surface area contributed by atoms with E-state index in [0.29, 0.717) is 12.0 Å². The Morgan fingerprint density at radius 1 is 1.08 bits per heavy atom. The van der Waals surface area contributed by atoms with Crippen molar-refractivity contribution >= 4 is 0 Å². The first kappa shape index (κ1) is 19.0. The molecule has 0 bridgehead atoms. The van der Waals surface area contributed by atoms with Crippen LogP contribution in [-0.4, -0.2) is 29.7 Å². The lowest BCUT2D eigenvalue weighted by Gasteiger charge is -2.42. The summed E-state index contributed by atoms with van der Waals surface area (Å²) in [5.74, 6) is -1.09. The van der Waals surface area contributed by atoms with Crippen molar-refractivity contribution in [3.63, 3.8) is 0 Å². The van der Waals surface area contributed by atoms with E-state index in [2.05, 4.69) is 36.1 Å². The van der Waals surface area contributed by atoms with Gasteiger partial charge in [0.15, 0.2) is 0 Å². The zero-order chi connectivity index (χ0) is 18.6. The molecule has 2 aromatic carbocycles. The van der Waals surface area contributed by atoms with Gasteiger partial charge in [0.1, 0.15) is 11.6 Å². The summed E-state index contributed by atoms with van der Waals surface area (Å²) in [6.45, 7) is 4.68. The van der Waals surface area contributed by atoms with Crippen LogP contribution >= 0.6 is 0 Å². The van der Waals surface area contributed by atoms with E-state index in [0.717, 1.165) is 45.0 Å². The van der Waals surface area contributed by atoms with Crippen LogP contribution in [0.25, 0.3) is 0 Å². The lowest BCUT2D eigenvalue weighted by molar-refractivity contribution is 0.0283. The number of hydrogen-bond acceptors (Lipinski definition) is 2. The molecule has 0 aromatic heterocycles. The second kappa shape index (κ2) is 8.28. The third-order valence-corrected chi connectivity index (χ3v) is 5.49. The number of halogens is 2. The van der Waals surface area contributed by atoms with Gasteiger partial charge in [0, 0.05) is 24.6 Å². The van der Waals surface area contributed by atoms with Crippen molar-refractivity contribution < 1.29 is 13.9 Å². The van der Waals surface area contributed by atoms with Gasteiger partial charge < -0.3 is 5.11 Å². The number of nitrogens with zero attached hydrogens (tertiary/aromatic N) is 1. The molecule has 0 aliphatic carbocycles. The van der Waals surface area contributed by atoms with E-state index in [9.17, 15) is 13.9 Å². The van der Waals surface area contributed by atoms with Crippen LogP contribution in [0.5, 0.6) is 0 Å². The van der Waals surface area contributed by atoms with Gasteiger partial charge in [-0.25, -0.2) is 8.78 Å². The number of piperidine rings is 1. The summed E-state index contributed by atoms with van der Waals surface area (Å²) in [4.78, 5) is 2.34. The molecule has 1 saturated heterocycles. The largest absolute Gasteiger partial charge is 0.396 e. The summed E-state index contributed by atoms with van der Waals surface area (Å²) >= 11 is 0. The predicted octanol–water partition coefficient (Wildman–Crippen LogP) is 4.34.